The van der Waals surface area contributed by atoms with Crippen molar-refractivity contribution in [3.63, 3.8) is 0 Å². The lowest BCUT2D eigenvalue weighted by molar-refractivity contribution is -0.140. The highest BCUT2D eigenvalue weighted by Crippen LogP contribution is 2.36. The number of hydrogen-bond donors (Lipinski definition) is 1. The molecule has 0 radical (unpaired) electrons. The van der Waals surface area contributed by atoms with Gasteiger partial charge in [0.05, 0.1) is 11.9 Å². The third-order valence-corrected chi connectivity index (χ3v) is 8.09. The second-order valence-corrected chi connectivity index (χ2v) is 11.7. The highest BCUT2D eigenvalue weighted by atomic mass is 35.5. The second-order valence-electron chi connectivity index (χ2n) is 9.02. The smallest absolute Gasteiger partial charge is 0.242 e. The summed E-state index contributed by atoms with van der Waals surface area (Å²) in [5, 5.41) is 3.64. The molecule has 0 fully saturated rings. The fourth-order valence-electron chi connectivity index (χ4n) is 4.02. The van der Waals surface area contributed by atoms with Crippen LogP contribution in [-0.4, -0.2) is 57.3 Å². The summed E-state index contributed by atoms with van der Waals surface area (Å²) >= 11 is 12.7. The third kappa shape index (κ3) is 7.68. The molecule has 208 valence electrons. The molecule has 12 heteroatoms. The first-order chi connectivity index (χ1) is 18.0. The van der Waals surface area contributed by atoms with Crippen molar-refractivity contribution in [2.45, 2.75) is 52.1 Å². The lowest BCUT2D eigenvalue weighted by Gasteiger charge is -2.30. The van der Waals surface area contributed by atoms with Crippen molar-refractivity contribution < 1.29 is 27.5 Å². The van der Waals surface area contributed by atoms with Gasteiger partial charge in [-0.25, -0.2) is 8.42 Å². The monoisotopic (exact) mass is 585 g/mol. The topological polar surface area (TPSA) is 105 Å². The van der Waals surface area contributed by atoms with Crippen molar-refractivity contribution in [1.29, 1.82) is 0 Å². The van der Waals surface area contributed by atoms with Crippen LogP contribution in [0.15, 0.2) is 36.4 Å². The van der Waals surface area contributed by atoms with Crippen LogP contribution in [0.5, 0.6) is 11.5 Å². The summed E-state index contributed by atoms with van der Waals surface area (Å²) < 4.78 is 37.0. The van der Waals surface area contributed by atoms with Gasteiger partial charge in [0, 0.05) is 47.7 Å². The molecule has 2 aromatic rings. The van der Waals surface area contributed by atoms with Crippen LogP contribution in [0.4, 0.5) is 5.69 Å². The normalized spacial score (nSPS) is 13.2. The fourth-order valence-corrected chi connectivity index (χ4v) is 5.49. The Hall–Kier alpha value is -2.69. The molecular weight excluding hydrogens is 553 g/mol. The summed E-state index contributed by atoms with van der Waals surface area (Å²) in [5.41, 5.74) is 0.947. The van der Waals surface area contributed by atoms with E-state index in [1.165, 1.54) is 9.21 Å². The number of nitrogens with one attached hydrogen (secondary N) is 1. The molecule has 38 heavy (non-hydrogen) atoms. The second kappa shape index (κ2) is 13.4. The van der Waals surface area contributed by atoms with Gasteiger partial charge < -0.3 is 19.7 Å². The molecule has 0 aliphatic carbocycles. The van der Waals surface area contributed by atoms with Crippen LogP contribution in [0.2, 0.25) is 10.0 Å². The minimum Gasteiger partial charge on any atom is -0.454 e. The highest BCUT2D eigenvalue weighted by Gasteiger charge is 2.28. The molecule has 0 bridgehead atoms. The Bertz CT molecular complexity index is 1240. The van der Waals surface area contributed by atoms with Gasteiger partial charge in [0.2, 0.25) is 28.6 Å². The Morgan fingerprint density at radius 1 is 1.08 bits per heavy atom. The molecule has 1 heterocycles. The quantitative estimate of drug-likeness (QED) is 0.344. The average molecular weight is 587 g/mol. The van der Waals surface area contributed by atoms with Crippen LogP contribution in [0, 0.1) is 0 Å². The number of amides is 2. The van der Waals surface area contributed by atoms with Crippen LogP contribution in [0.3, 0.4) is 0 Å². The van der Waals surface area contributed by atoms with Crippen LogP contribution >= 0.6 is 23.2 Å². The first-order valence-electron chi connectivity index (χ1n) is 12.4. The number of ether oxygens (including phenoxy) is 2. The summed E-state index contributed by atoms with van der Waals surface area (Å²) in [6.45, 7) is 4.35. The molecule has 2 aromatic carbocycles. The predicted octanol–water partition coefficient (Wildman–Crippen LogP) is 4.60. The Morgan fingerprint density at radius 3 is 2.42 bits per heavy atom. The summed E-state index contributed by atoms with van der Waals surface area (Å²) in [7, 11) is -3.64. The van der Waals surface area contributed by atoms with Gasteiger partial charge >= 0.3 is 0 Å². The molecule has 3 rings (SSSR count). The van der Waals surface area contributed by atoms with Crippen LogP contribution < -0.4 is 19.1 Å². The van der Waals surface area contributed by atoms with Crippen LogP contribution in [0.1, 0.15) is 45.1 Å². The number of nitrogens with zero attached hydrogens (tertiary/aromatic N) is 2. The Labute approximate surface area is 234 Å². The first-order valence-corrected chi connectivity index (χ1v) is 15.0. The minimum absolute atomic E-state index is 0.00518. The molecule has 0 saturated heterocycles. The van der Waals surface area contributed by atoms with Gasteiger partial charge in [0.15, 0.2) is 11.5 Å². The number of fused-ring (bicyclic) bond motifs is 1. The lowest BCUT2D eigenvalue weighted by Crippen LogP contribution is -2.48. The molecule has 0 spiro atoms. The van der Waals surface area contributed by atoms with E-state index in [4.69, 9.17) is 32.7 Å². The predicted molar refractivity (Wildman–Crippen MR) is 148 cm³/mol. The Morgan fingerprint density at radius 2 is 1.76 bits per heavy atom. The van der Waals surface area contributed by atoms with E-state index in [1.807, 2.05) is 6.92 Å². The first kappa shape index (κ1) is 29.9. The Balaban J connectivity index is 1.75. The van der Waals surface area contributed by atoms with E-state index in [0.29, 0.717) is 39.3 Å². The molecule has 2 amide bonds. The van der Waals surface area contributed by atoms with Gasteiger partial charge in [-0.3, -0.25) is 13.9 Å². The molecule has 1 aliphatic heterocycles. The number of carbonyl (C=O) groups excluding carboxylic acids is 2. The highest BCUT2D eigenvalue weighted by molar-refractivity contribution is 7.92. The van der Waals surface area contributed by atoms with Crippen molar-refractivity contribution in [2.75, 3.05) is 30.4 Å². The van der Waals surface area contributed by atoms with Gasteiger partial charge in [-0.05, 0) is 44.0 Å². The average Bonchev–Trinajstić information content (AvgIpc) is 3.33. The van der Waals surface area contributed by atoms with E-state index in [2.05, 4.69) is 5.32 Å². The zero-order chi connectivity index (χ0) is 27.9. The van der Waals surface area contributed by atoms with E-state index >= 15 is 0 Å². The number of benzene rings is 2. The van der Waals surface area contributed by atoms with E-state index in [1.54, 1.807) is 43.3 Å². The van der Waals surface area contributed by atoms with Gasteiger partial charge in [0.25, 0.3) is 0 Å². The summed E-state index contributed by atoms with van der Waals surface area (Å²) in [6.07, 6.45) is 3.08. The maximum Gasteiger partial charge on any atom is 0.242 e. The van der Waals surface area contributed by atoms with Gasteiger partial charge in [-0.2, -0.15) is 0 Å². The number of sulfonamides is 1. The van der Waals surface area contributed by atoms with Crippen molar-refractivity contribution in [1.82, 2.24) is 10.2 Å². The van der Waals surface area contributed by atoms with Gasteiger partial charge in [-0.15, -0.1) is 0 Å². The third-order valence-electron chi connectivity index (χ3n) is 6.18. The molecule has 0 aromatic heterocycles. The maximum absolute atomic E-state index is 13.4. The molecule has 0 saturated carbocycles. The Kier molecular flexibility index (Phi) is 10.5. The van der Waals surface area contributed by atoms with E-state index < -0.39 is 16.1 Å². The number of anilines is 1. The number of halogens is 2. The maximum atomic E-state index is 13.4. The zero-order valence-corrected chi connectivity index (χ0v) is 24.0. The van der Waals surface area contributed by atoms with E-state index in [-0.39, 0.29) is 44.5 Å². The zero-order valence-electron chi connectivity index (χ0n) is 21.7. The summed E-state index contributed by atoms with van der Waals surface area (Å²) in [5.74, 6) is 0.391. The van der Waals surface area contributed by atoms with E-state index in [0.717, 1.165) is 19.1 Å². The molecule has 1 atom stereocenters. The number of hydrogen-bond acceptors (Lipinski definition) is 6. The largest absolute Gasteiger partial charge is 0.454 e. The summed E-state index contributed by atoms with van der Waals surface area (Å²) in [6, 6.07) is 9.14. The molecule has 1 N–H and O–H groups in total. The molecule has 1 aliphatic rings. The number of rotatable bonds is 13. The SMILES string of the molecule is CCCCNC(=O)[C@H](C)N(Cc1c(Cl)cccc1Cl)C(=O)CCCN(c1ccc2c(c1)OCO2)S(C)(=O)=O. The molecule has 9 nitrogen and oxygen atoms in total. The lowest BCUT2D eigenvalue weighted by atomic mass is 10.1. The van der Waals surface area contributed by atoms with Crippen molar-refractivity contribution >= 4 is 50.7 Å². The standard InChI is InChI=1S/C26H33Cl2N3O6S/c1-4-5-13-29-26(33)18(2)30(16-20-21(27)8-6-9-22(20)28)25(32)10-7-14-31(38(3,34)35)19-11-12-23-24(15-19)37-17-36-23/h6,8-9,11-12,15,18H,4-5,7,10,13-14,16-17H2,1-3H3,(H,29,33)/t18-/m0/s1. The van der Waals surface area contributed by atoms with E-state index in [9.17, 15) is 18.0 Å². The fraction of sp³-hybridized carbons (Fsp3) is 0.462. The number of unbranched alkanes of at least 4 members (excludes halogenated alkanes) is 1. The number of carbonyl (C=O) groups is 2. The van der Waals surface area contributed by atoms with Crippen LogP contribution in [-0.2, 0) is 26.2 Å². The van der Waals surface area contributed by atoms with Crippen molar-refractivity contribution in [2.24, 2.45) is 0 Å². The molecule has 0 unspecified atom stereocenters. The molecular formula is C26H33Cl2N3O6S. The summed E-state index contributed by atoms with van der Waals surface area (Å²) in [4.78, 5) is 27.7. The van der Waals surface area contributed by atoms with Gasteiger partial charge in [0.1, 0.15) is 6.04 Å². The van der Waals surface area contributed by atoms with Crippen LogP contribution in [0.25, 0.3) is 0 Å². The minimum atomic E-state index is -3.64. The van der Waals surface area contributed by atoms with Crippen molar-refractivity contribution in [3.05, 3.63) is 52.0 Å². The van der Waals surface area contributed by atoms with Crippen molar-refractivity contribution in [3.8, 4) is 11.5 Å². The van der Waals surface area contributed by atoms with Gasteiger partial charge in [-0.1, -0.05) is 42.6 Å².